The molecule has 0 aliphatic carbocycles. The molecule has 28 heavy (non-hydrogen) atoms. The van der Waals surface area contributed by atoms with E-state index in [1.54, 1.807) is 6.92 Å². The molecule has 3 N–H and O–H groups in total. The molecule has 9 nitrogen and oxygen atoms in total. The maximum absolute atomic E-state index is 12.1. The maximum Gasteiger partial charge on any atom is 0.343 e. The number of carbonyl (C=O) groups excluding carboxylic acids is 2. The van der Waals surface area contributed by atoms with Gasteiger partial charge in [0.05, 0.1) is 25.1 Å². The number of morpholine rings is 1. The number of thioether (sulfide) groups is 1. The zero-order valence-electron chi connectivity index (χ0n) is 16.6. The monoisotopic (exact) mass is 411 g/mol. The Morgan fingerprint density at radius 3 is 2.96 bits per heavy atom. The second-order valence-corrected chi connectivity index (χ2v) is 7.85. The molecule has 2 heterocycles. The number of carbonyl (C=O) groups is 2. The van der Waals surface area contributed by atoms with E-state index in [1.165, 1.54) is 6.20 Å². The van der Waals surface area contributed by atoms with E-state index in [2.05, 4.69) is 34.0 Å². The third-order valence-corrected chi connectivity index (χ3v) is 4.86. The first-order chi connectivity index (χ1) is 13.4. The average molecular weight is 412 g/mol. The highest BCUT2D eigenvalue weighted by atomic mass is 32.2. The lowest BCUT2D eigenvalue weighted by Gasteiger charge is -2.33. The Labute approximate surface area is 169 Å². The van der Waals surface area contributed by atoms with Gasteiger partial charge in [0, 0.05) is 32.4 Å². The van der Waals surface area contributed by atoms with E-state index in [4.69, 9.17) is 15.2 Å². The molecule has 1 unspecified atom stereocenters. The van der Waals surface area contributed by atoms with Crippen LogP contribution < -0.4 is 11.1 Å². The quantitative estimate of drug-likeness (QED) is 0.345. The minimum absolute atomic E-state index is 0.00259. The number of aromatic nitrogens is 2. The van der Waals surface area contributed by atoms with E-state index >= 15 is 0 Å². The summed E-state index contributed by atoms with van der Waals surface area (Å²) < 4.78 is 10.6. The summed E-state index contributed by atoms with van der Waals surface area (Å²) in [6.45, 7) is 10.3. The van der Waals surface area contributed by atoms with Gasteiger partial charge in [0.15, 0.2) is 5.16 Å². The van der Waals surface area contributed by atoms with Crippen molar-refractivity contribution in [1.29, 1.82) is 0 Å². The normalized spacial score (nSPS) is 17.5. The van der Waals surface area contributed by atoms with Crippen LogP contribution >= 0.6 is 11.8 Å². The topological polar surface area (TPSA) is 120 Å². The smallest absolute Gasteiger partial charge is 0.343 e. The zero-order chi connectivity index (χ0) is 20.5. The average Bonchev–Trinajstić information content (AvgIpc) is 2.64. The number of ether oxygens (including phenoxy) is 2. The number of amides is 1. The van der Waals surface area contributed by atoms with E-state index in [1.807, 2.05) is 0 Å². The molecule has 156 valence electrons. The standard InChI is InChI=1S/C18H29N5O4S/c1-4-26-17(25)14-8-21-18(22-16(14)19)28-11-15(24)20-7-13-10-23(5-6-27-13)9-12(2)3/h8,12-13H,4-7,9-11H2,1-3H3,(H,20,24)(H2,19,21,22). The fourth-order valence-electron chi connectivity index (χ4n) is 2.81. The number of hydrogen-bond acceptors (Lipinski definition) is 9. The van der Waals surface area contributed by atoms with E-state index in [0.717, 1.165) is 31.4 Å². The predicted octanol–water partition coefficient (Wildman–Crippen LogP) is 0.801. The summed E-state index contributed by atoms with van der Waals surface area (Å²) >= 11 is 1.15. The van der Waals surface area contributed by atoms with Gasteiger partial charge in [-0.25, -0.2) is 14.8 Å². The van der Waals surface area contributed by atoms with Crippen molar-refractivity contribution in [2.45, 2.75) is 32.0 Å². The van der Waals surface area contributed by atoms with E-state index < -0.39 is 5.97 Å². The van der Waals surface area contributed by atoms with Crippen LogP contribution in [-0.4, -0.2) is 78.0 Å². The highest BCUT2D eigenvalue weighted by Gasteiger charge is 2.21. The summed E-state index contributed by atoms with van der Waals surface area (Å²) in [5, 5.41) is 3.22. The SMILES string of the molecule is CCOC(=O)c1cnc(SCC(=O)NCC2CN(CC(C)C)CCO2)nc1N. The van der Waals surface area contributed by atoms with Crippen molar-refractivity contribution in [1.82, 2.24) is 20.2 Å². The van der Waals surface area contributed by atoms with Gasteiger partial charge in [-0.05, 0) is 12.8 Å². The van der Waals surface area contributed by atoms with Crippen LogP contribution in [0.1, 0.15) is 31.1 Å². The zero-order valence-corrected chi connectivity index (χ0v) is 17.5. The molecule has 0 radical (unpaired) electrons. The molecule has 0 bridgehead atoms. The molecular formula is C18H29N5O4S. The fourth-order valence-corrected chi connectivity index (χ4v) is 3.46. The van der Waals surface area contributed by atoms with Crippen LogP contribution in [0.3, 0.4) is 0 Å². The van der Waals surface area contributed by atoms with Gasteiger partial charge in [-0.15, -0.1) is 0 Å². The largest absolute Gasteiger partial charge is 0.462 e. The van der Waals surface area contributed by atoms with Crippen LogP contribution in [0.4, 0.5) is 5.82 Å². The number of anilines is 1. The van der Waals surface area contributed by atoms with Crippen molar-refractivity contribution < 1.29 is 19.1 Å². The predicted molar refractivity (Wildman–Crippen MR) is 107 cm³/mol. The van der Waals surface area contributed by atoms with Crippen molar-refractivity contribution in [3.05, 3.63) is 11.8 Å². The Hall–Kier alpha value is -1.91. The van der Waals surface area contributed by atoms with Crippen LogP contribution in [0.2, 0.25) is 0 Å². The van der Waals surface area contributed by atoms with Gasteiger partial charge in [-0.2, -0.15) is 0 Å². The van der Waals surface area contributed by atoms with Gasteiger partial charge < -0.3 is 20.5 Å². The third kappa shape index (κ3) is 7.25. The van der Waals surface area contributed by atoms with E-state index in [0.29, 0.717) is 24.2 Å². The summed E-state index contributed by atoms with van der Waals surface area (Å²) in [6, 6.07) is 0. The minimum atomic E-state index is -0.562. The molecule has 2 rings (SSSR count). The Morgan fingerprint density at radius 2 is 2.29 bits per heavy atom. The van der Waals surface area contributed by atoms with Crippen LogP contribution in [0.25, 0.3) is 0 Å². The summed E-state index contributed by atoms with van der Waals surface area (Å²) in [4.78, 5) is 34.3. The molecule has 1 amide bonds. The van der Waals surface area contributed by atoms with Gasteiger partial charge >= 0.3 is 5.97 Å². The molecule has 1 fully saturated rings. The van der Waals surface area contributed by atoms with Gasteiger partial charge in [-0.1, -0.05) is 25.6 Å². The highest BCUT2D eigenvalue weighted by Crippen LogP contribution is 2.17. The summed E-state index contributed by atoms with van der Waals surface area (Å²) in [5.74, 6) is 0.102. The van der Waals surface area contributed by atoms with Crippen molar-refractivity contribution in [3.63, 3.8) is 0 Å². The maximum atomic E-state index is 12.1. The van der Waals surface area contributed by atoms with E-state index in [9.17, 15) is 9.59 Å². The second kappa shape index (κ2) is 11.2. The first-order valence-corrected chi connectivity index (χ1v) is 10.4. The van der Waals surface area contributed by atoms with Gasteiger partial charge in [0.1, 0.15) is 11.4 Å². The van der Waals surface area contributed by atoms with Crippen LogP contribution in [0.5, 0.6) is 0 Å². The Balaban J connectivity index is 1.75. The number of esters is 1. The minimum Gasteiger partial charge on any atom is -0.462 e. The highest BCUT2D eigenvalue weighted by molar-refractivity contribution is 7.99. The summed E-state index contributed by atoms with van der Waals surface area (Å²) in [6.07, 6.45) is 1.32. The van der Waals surface area contributed by atoms with E-state index in [-0.39, 0.29) is 35.8 Å². The molecular weight excluding hydrogens is 382 g/mol. The lowest BCUT2D eigenvalue weighted by atomic mass is 10.2. The number of nitrogens with zero attached hydrogens (tertiary/aromatic N) is 3. The van der Waals surface area contributed by atoms with Crippen molar-refractivity contribution in [2.75, 3.05) is 50.9 Å². The molecule has 1 atom stereocenters. The van der Waals surface area contributed by atoms with Crippen LogP contribution in [0.15, 0.2) is 11.4 Å². The fraction of sp³-hybridized carbons (Fsp3) is 0.667. The van der Waals surface area contributed by atoms with Crippen molar-refractivity contribution >= 4 is 29.5 Å². The number of rotatable bonds is 9. The van der Waals surface area contributed by atoms with Crippen LogP contribution in [0, 0.1) is 5.92 Å². The van der Waals surface area contributed by atoms with Crippen LogP contribution in [-0.2, 0) is 14.3 Å². The summed E-state index contributed by atoms with van der Waals surface area (Å²) in [7, 11) is 0. The van der Waals surface area contributed by atoms with Gasteiger partial charge in [0.25, 0.3) is 0 Å². The van der Waals surface area contributed by atoms with Crippen molar-refractivity contribution in [3.8, 4) is 0 Å². The molecule has 1 saturated heterocycles. The third-order valence-electron chi connectivity index (χ3n) is 4.00. The Bertz CT molecular complexity index is 673. The number of hydrogen-bond donors (Lipinski definition) is 2. The number of nitrogens with two attached hydrogens (primary N) is 1. The lowest BCUT2D eigenvalue weighted by molar-refractivity contribution is -0.119. The van der Waals surface area contributed by atoms with Crippen molar-refractivity contribution in [2.24, 2.45) is 5.92 Å². The second-order valence-electron chi connectivity index (χ2n) is 6.91. The number of nitrogens with one attached hydrogen (secondary N) is 1. The molecule has 0 spiro atoms. The molecule has 10 heteroatoms. The summed E-state index contributed by atoms with van der Waals surface area (Å²) in [5.41, 5.74) is 5.90. The molecule has 1 aromatic heterocycles. The molecule has 1 aromatic rings. The lowest BCUT2D eigenvalue weighted by Crippen LogP contribution is -2.48. The molecule has 0 saturated carbocycles. The molecule has 1 aliphatic rings. The molecule has 1 aliphatic heterocycles. The van der Waals surface area contributed by atoms with Gasteiger partial charge in [0.2, 0.25) is 5.91 Å². The first kappa shape index (κ1) is 22.4. The Morgan fingerprint density at radius 1 is 1.50 bits per heavy atom. The molecule has 0 aromatic carbocycles. The Kier molecular flexibility index (Phi) is 8.94. The van der Waals surface area contributed by atoms with Gasteiger partial charge in [-0.3, -0.25) is 9.69 Å². The first-order valence-electron chi connectivity index (χ1n) is 9.42. The number of nitrogen functional groups attached to an aromatic ring is 1.